The molecule has 0 bridgehead atoms. The van der Waals surface area contributed by atoms with Crippen LogP contribution in [0.4, 0.5) is 0 Å². The molecule has 0 radical (unpaired) electrons. The van der Waals surface area contributed by atoms with E-state index in [0.29, 0.717) is 21.2 Å². The van der Waals surface area contributed by atoms with E-state index in [2.05, 4.69) is 5.32 Å². The third-order valence-corrected chi connectivity index (χ3v) is 4.56. The second-order valence-electron chi connectivity index (χ2n) is 5.52. The Morgan fingerprint density at radius 3 is 2.15 bits per heavy atom. The molecule has 2 atom stereocenters. The van der Waals surface area contributed by atoms with Gasteiger partial charge in [-0.05, 0) is 23.3 Å². The van der Waals surface area contributed by atoms with E-state index >= 15 is 0 Å². The fourth-order valence-electron chi connectivity index (χ4n) is 2.54. The molecule has 26 heavy (non-hydrogen) atoms. The zero-order chi connectivity index (χ0) is 19.1. The van der Waals surface area contributed by atoms with Gasteiger partial charge < -0.3 is 14.8 Å². The first-order chi connectivity index (χ1) is 12.5. The molecule has 0 spiro atoms. The van der Waals surface area contributed by atoms with Crippen molar-refractivity contribution in [2.75, 3.05) is 14.2 Å². The normalized spacial score (nSPS) is 12.9. The zero-order valence-electron chi connectivity index (χ0n) is 14.4. The van der Waals surface area contributed by atoms with Crippen molar-refractivity contribution in [2.24, 2.45) is 0 Å². The minimum Gasteiger partial charge on any atom is -0.467 e. The lowest BCUT2D eigenvalue weighted by Crippen LogP contribution is -2.45. The van der Waals surface area contributed by atoms with E-state index in [1.807, 2.05) is 6.07 Å². The van der Waals surface area contributed by atoms with Gasteiger partial charge in [0.2, 0.25) is 0 Å². The fraction of sp³-hybridized carbons (Fsp3) is 0.263. The van der Waals surface area contributed by atoms with Crippen LogP contribution in [-0.4, -0.2) is 32.1 Å². The number of carbonyl (C=O) groups is 2. The predicted octanol–water partition coefficient (Wildman–Crippen LogP) is 3.58. The van der Waals surface area contributed by atoms with Gasteiger partial charge in [-0.15, -0.1) is 0 Å². The van der Waals surface area contributed by atoms with E-state index in [1.165, 1.54) is 14.2 Å². The highest BCUT2D eigenvalue weighted by Crippen LogP contribution is 2.26. The summed E-state index contributed by atoms with van der Waals surface area (Å²) in [5.74, 6) is -1.06. The standard InChI is InChI=1S/C19H19Cl2NO4/c1-25-17(12-7-4-3-5-8-12)18(23)22-16(19(24)26-2)11-13-14(20)9-6-10-15(13)21/h3-10,16-17H,11H2,1-2H3,(H,22,23)/t16-,17-/m1/s1. The number of methoxy groups -OCH3 is 2. The molecule has 0 saturated heterocycles. The number of esters is 1. The van der Waals surface area contributed by atoms with Gasteiger partial charge in [0.15, 0.2) is 6.10 Å². The van der Waals surface area contributed by atoms with Gasteiger partial charge in [0.05, 0.1) is 7.11 Å². The van der Waals surface area contributed by atoms with Crippen LogP contribution in [0.1, 0.15) is 17.2 Å². The highest BCUT2D eigenvalue weighted by atomic mass is 35.5. The lowest BCUT2D eigenvalue weighted by Gasteiger charge is -2.21. The number of halogens is 2. The van der Waals surface area contributed by atoms with Crippen LogP contribution < -0.4 is 5.32 Å². The van der Waals surface area contributed by atoms with Gasteiger partial charge in [0.25, 0.3) is 5.91 Å². The van der Waals surface area contributed by atoms with Crippen LogP contribution in [0, 0.1) is 0 Å². The number of nitrogens with one attached hydrogen (secondary N) is 1. The Morgan fingerprint density at radius 1 is 1.00 bits per heavy atom. The Balaban J connectivity index is 2.22. The summed E-state index contributed by atoms with van der Waals surface area (Å²) < 4.78 is 10.1. The van der Waals surface area contributed by atoms with Gasteiger partial charge in [0.1, 0.15) is 6.04 Å². The average Bonchev–Trinajstić information content (AvgIpc) is 2.64. The lowest BCUT2D eigenvalue weighted by molar-refractivity contribution is -0.146. The van der Waals surface area contributed by atoms with Gasteiger partial charge >= 0.3 is 5.97 Å². The average molecular weight is 396 g/mol. The molecule has 0 aliphatic rings. The number of carbonyl (C=O) groups excluding carboxylic acids is 2. The summed E-state index contributed by atoms with van der Waals surface area (Å²) in [6.07, 6.45) is -0.757. The molecule has 2 rings (SSSR count). The SMILES string of the molecule is COC(=O)[C@@H](Cc1c(Cl)cccc1Cl)NC(=O)[C@H](OC)c1ccccc1. The Bertz CT molecular complexity index is 747. The fourth-order valence-corrected chi connectivity index (χ4v) is 3.09. The van der Waals surface area contributed by atoms with Gasteiger partial charge in [-0.3, -0.25) is 4.79 Å². The lowest BCUT2D eigenvalue weighted by atomic mass is 10.0. The van der Waals surface area contributed by atoms with Crippen molar-refractivity contribution in [2.45, 2.75) is 18.6 Å². The maximum atomic E-state index is 12.7. The summed E-state index contributed by atoms with van der Waals surface area (Å²) in [5.41, 5.74) is 1.23. The van der Waals surface area contributed by atoms with Crippen LogP contribution in [0.3, 0.4) is 0 Å². The van der Waals surface area contributed by atoms with Crippen LogP contribution in [-0.2, 0) is 25.5 Å². The smallest absolute Gasteiger partial charge is 0.328 e. The molecule has 0 fully saturated rings. The van der Waals surface area contributed by atoms with Crippen molar-refractivity contribution in [3.8, 4) is 0 Å². The van der Waals surface area contributed by atoms with E-state index < -0.39 is 24.0 Å². The molecule has 2 aromatic rings. The summed E-state index contributed by atoms with van der Waals surface area (Å²) in [6.45, 7) is 0. The van der Waals surface area contributed by atoms with Crippen LogP contribution in [0.5, 0.6) is 0 Å². The molecule has 138 valence electrons. The van der Waals surface area contributed by atoms with Gasteiger partial charge in [-0.25, -0.2) is 4.79 Å². The first kappa shape index (κ1) is 20.2. The van der Waals surface area contributed by atoms with Gasteiger partial charge in [-0.1, -0.05) is 59.6 Å². The third-order valence-electron chi connectivity index (χ3n) is 3.85. The summed E-state index contributed by atoms with van der Waals surface area (Å²) in [6, 6.07) is 13.1. The highest BCUT2D eigenvalue weighted by molar-refractivity contribution is 6.36. The molecule has 5 nitrogen and oxygen atoms in total. The van der Waals surface area contributed by atoms with Crippen LogP contribution in [0.25, 0.3) is 0 Å². The quantitative estimate of drug-likeness (QED) is 0.727. The number of hydrogen-bond acceptors (Lipinski definition) is 4. The molecule has 0 aliphatic carbocycles. The molecule has 0 heterocycles. The molecule has 2 aromatic carbocycles. The van der Waals surface area contributed by atoms with Crippen molar-refractivity contribution >= 4 is 35.1 Å². The molecule has 0 aromatic heterocycles. The summed E-state index contributed by atoms with van der Waals surface area (Å²) in [4.78, 5) is 24.8. The number of benzene rings is 2. The topological polar surface area (TPSA) is 64.6 Å². The Hall–Kier alpha value is -2.08. The molecule has 0 unspecified atom stereocenters. The molecular weight excluding hydrogens is 377 g/mol. The number of rotatable bonds is 7. The zero-order valence-corrected chi connectivity index (χ0v) is 15.9. The molecule has 0 aliphatic heterocycles. The van der Waals surface area contributed by atoms with Crippen molar-refractivity contribution in [3.63, 3.8) is 0 Å². The molecule has 1 N–H and O–H groups in total. The van der Waals surface area contributed by atoms with E-state index in [9.17, 15) is 9.59 Å². The minimum atomic E-state index is -0.953. The summed E-state index contributed by atoms with van der Waals surface area (Å²) in [7, 11) is 2.68. The maximum Gasteiger partial charge on any atom is 0.328 e. The van der Waals surface area contributed by atoms with Gasteiger partial charge in [0, 0.05) is 23.6 Å². The summed E-state index contributed by atoms with van der Waals surface area (Å²) >= 11 is 12.3. The Kier molecular flexibility index (Phi) is 7.45. The predicted molar refractivity (Wildman–Crippen MR) is 100 cm³/mol. The molecule has 7 heteroatoms. The van der Waals surface area contributed by atoms with E-state index in [0.717, 1.165) is 0 Å². The third kappa shape index (κ3) is 4.97. The Morgan fingerprint density at radius 2 is 1.62 bits per heavy atom. The van der Waals surface area contributed by atoms with Crippen molar-refractivity contribution in [1.82, 2.24) is 5.32 Å². The second kappa shape index (κ2) is 9.57. The molecule has 1 amide bonds. The van der Waals surface area contributed by atoms with Crippen molar-refractivity contribution in [3.05, 3.63) is 69.7 Å². The van der Waals surface area contributed by atoms with Crippen LogP contribution >= 0.6 is 23.2 Å². The van der Waals surface area contributed by atoms with Crippen LogP contribution in [0.15, 0.2) is 48.5 Å². The van der Waals surface area contributed by atoms with E-state index in [-0.39, 0.29) is 6.42 Å². The van der Waals surface area contributed by atoms with Crippen molar-refractivity contribution in [1.29, 1.82) is 0 Å². The van der Waals surface area contributed by atoms with Gasteiger partial charge in [-0.2, -0.15) is 0 Å². The second-order valence-corrected chi connectivity index (χ2v) is 6.33. The van der Waals surface area contributed by atoms with E-state index in [1.54, 1.807) is 42.5 Å². The minimum absolute atomic E-state index is 0.0993. The monoisotopic (exact) mass is 395 g/mol. The first-order valence-electron chi connectivity index (χ1n) is 7.86. The molecular formula is C19H19Cl2NO4. The number of hydrogen-bond donors (Lipinski definition) is 1. The maximum absolute atomic E-state index is 12.7. The molecule has 0 saturated carbocycles. The number of ether oxygens (including phenoxy) is 2. The Labute approximate surface area is 162 Å². The first-order valence-corrected chi connectivity index (χ1v) is 8.62. The van der Waals surface area contributed by atoms with Crippen molar-refractivity contribution < 1.29 is 19.1 Å². The van der Waals surface area contributed by atoms with Crippen LogP contribution in [0.2, 0.25) is 10.0 Å². The highest BCUT2D eigenvalue weighted by Gasteiger charge is 2.28. The largest absolute Gasteiger partial charge is 0.467 e. The summed E-state index contributed by atoms with van der Waals surface area (Å²) in [5, 5.41) is 3.48. The van der Waals surface area contributed by atoms with E-state index in [4.69, 9.17) is 32.7 Å². The number of amides is 1.